The van der Waals surface area contributed by atoms with Crippen molar-refractivity contribution in [2.45, 2.75) is 13.5 Å². The minimum Gasteiger partial charge on any atom is -0.457 e. The van der Waals surface area contributed by atoms with E-state index in [2.05, 4.69) is 35.7 Å². The Kier molecular flexibility index (Phi) is 4.87. The van der Waals surface area contributed by atoms with E-state index >= 15 is 0 Å². The van der Waals surface area contributed by atoms with E-state index in [-0.39, 0.29) is 5.97 Å². The molecule has 0 spiro atoms. The molecule has 0 bridgehead atoms. The number of rotatable bonds is 5. The number of thiophene rings is 3. The Hall–Kier alpha value is -1.69. The zero-order valence-electron chi connectivity index (χ0n) is 11.9. The van der Waals surface area contributed by atoms with Crippen molar-refractivity contribution in [3.63, 3.8) is 0 Å². The summed E-state index contributed by atoms with van der Waals surface area (Å²) in [6.07, 6.45) is 3.11. The molecule has 0 radical (unpaired) electrons. The smallest absolute Gasteiger partial charge is 0.330 e. The summed E-state index contributed by atoms with van der Waals surface area (Å²) in [6, 6.07) is 12.6. The summed E-state index contributed by atoms with van der Waals surface area (Å²) < 4.78 is 5.17. The fourth-order valence-corrected chi connectivity index (χ4v) is 4.79. The van der Waals surface area contributed by atoms with E-state index in [4.69, 9.17) is 4.74 Å². The van der Waals surface area contributed by atoms with Gasteiger partial charge in [0.25, 0.3) is 0 Å². The Morgan fingerprint density at radius 1 is 1.05 bits per heavy atom. The van der Waals surface area contributed by atoms with Gasteiger partial charge >= 0.3 is 5.97 Å². The van der Waals surface area contributed by atoms with Gasteiger partial charge in [0, 0.05) is 30.5 Å². The highest BCUT2D eigenvalue weighted by molar-refractivity contribution is 7.26. The van der Waals surface area contributed by atoms with Gasteiger partial charge in [-0.05, 0) is 42.6 Å². The van der Waals surface area contributed by atoms with E-state index in [1.807, 2.05) is 6.07 Å². The van der Waals surface area contributed by atoms with Crippen LogP contribution in [0.2, 0.25) is 0 Å². The van der Waals surface area contributed by atoms with Gasteiger partial charge in [-0.2, -0.15) is 0 Å². The molecule has 0 aromatic carbocycles. The van der Waals surface area contributed by atoms with Gasteiger partial charge in [-0.3, -0.25) is 0 Å². The number of allylic oxidation sites excluding steroid dienone is 1. The van der Waals surface area contributed by atoms with Crippen molar-refractivity contribution in [3.8, 4) is 19.5 Å². The second-order valence-electron chi connectivity index (χ2n) is 4.51. The summed E-state index contributed by atoms with van der Waals surface area (Å²) >= 11 is 5.22. The van der Waals surface area contributed by atoms with Crippen LogP contribution in [0.1, 0.15) is 11.8 Å². The van der Waals surface area contributed by atoms with Crippen molar-refractivity contribution in [2.24, 2.45) is 0 Å². The number of hydrogen-bond acceptors (Lipinski definition) is 5. The highest BCUT2D eigenvalue weighted by Crippen LogP contribution is 2.39. The fourth-order valence-electron chi connectivity index (χ4n) is 1.94. The number of carbonyl (C=O) groups is 1. The molecule has 3 aromatic heterocycles. The summed E-state index contributed by atoms with van der Waals surface area (Å²) in [5.74, 6) is -0.298. The van der Waals surface area contributed by atoms with Crippen LogP contribution in [0.25, 0.3) is 19.5 Å². The predicted octanol–water partition coefficient (Wildman–Crippen LogP) is 5.82. The molecule has 22 heavy (non-hydrogen) atoms. The summed E-state index contributed by atoms with van der Waals surface area (Å²) in [6.45, 7) is 2.13. The van der Waals surface area contributed by atoms with Crippen molar-refractivity contribution < 1.29 is 9.53 Å². The first-order valence-corrected chi connectivity index (χ1v) is 9.30. The third-order valence-corrected chi connectivity index (χ3v) is 6.34. The molecule has 0 atom stereocenters. The molecule has 0 saturated carbocycles. The molecule has 3 rings (SSSR count). The van der Waals surface area contributed by atoms with Gasteiger partial charge < -0.3 is 4.74 Å². The average Bonchev–Trinajstić information content (AvgIpc) is 3.24. The molecule has 0 aliphatic heterocycles. The number of esters is 1. The third kappa shape index (κ3) is 3.55. The third-order valence-electron chi connectivity index (χ3n) is 2.93. The maximum atomic E-state index is 11.3. The van der Waals surface area contributed by atoms with Crippen LogP contribution < -0.4 is 0 Å². The first-order valence-electron chi connectivity index (χ1n) is 6.78. The van der Waals surface area contributed by atoms with Gasteiger partial charge in [0.05, 0.1) is 0 Å². The first-order chi connectivity index (χ1) is 10.8. The summed E-state index contributed by atoms with van der Waals surface area (Å²) in [7, 11) is 0. The number of hydrogen-bond donors (Lipinski definition) is 0. The Morgan fingerprint density at radius 3 is 2.50 bits per heavy atom. The van der Waals surface area contributed by atoms with Gasteiger partial charge in [-0.25, -0.2) is 4.79 Å². The number of carbonyl (C=O) groups excluding carboxylic acids is 1. The largest absolute Gasteiger partial charge is 0.457 e. The lowest BCUT2D eigenvalue weighted by Gasteiger charge is -1.98. The van der Waals surface area contributed by atoms with E-state index in [1.165, 1.54) is 25.6 Å². The second-order valence-corrected chi connectivity index (χ2v) is 7.71. The van der Waals surface area contributed by atoms with Gasteiger partial charge in [0.1, 0.15) is 6.61 Å². The first kappa shape index (κ1) is 15.2. The molecule has 0 N–H and O–H groups in total. The minimum absolute atomic E-state index is 0.298. The van der Waals surface area contributed by atoms with E-state index in [1.54, 1.807) is 47.0 Å². The van der Waals surface area contributed by atoms with Gasteiger partial charge in [0.15, 0.2) is 0 Å². The molecule has 0 amide bonds. The van der Waals surface area contributed by atoms with Crippen molar-refractivity contribution >= 4 is 40.0 Å². The Morgan fingerprint density at radius 2 is 1.77 bits per heavy atom. The van der Waals surface area contributed by atoms with Crippen LogP contribution in [-0.4, -0.2) is 5.97 Å². The average molecular weight is 346 g/mol. The maximum absolute atomic E-state index is 11.3. The maximum Gasteiger partial charge on any atom is 0.330 e. The molecular weight excluding hydrogens is 332 g/mol. The normalized spacial score (nSPS) is 11.1. The SMILES string of the molecule is CC=CC(=O)OCc1ccc(-c2ccc(-c3cccs3)s2)s1. The molecule has 0 aliphatic carbocycles. The zero-order valence-corrected chi connectivity index (χ0v) is 14.4. The molecule has 5 heteroatoms. The van der Waals surface area contributed by atoms with Gasteiger partial charge in [-0.1, -0.05) is 12.1 Å². The molecule has 3 aromatic rings. The quantitative estimate of drug-likeness (QED) is 0.429. The van der Waals surface area contributed by atoms with Crippen LogP contribution in [-0.2, 0) is 16.1 Å². The Bertz CT molecular complexity index is 779. The zero-order chi connectivity index (χ0) is 15.4. The van der Waals surface area contributed by atoms with Crippen molar-refractivity contribution in [3.05, 3.63) is 58.8 Å². The molecule has 0 aliphatic rings. The van der Waals surface area contributed by atoms with Crippen molar-refractivity contribution in [1.29, 1.82) is 0 Å². The lowest BCUT2D eigenvalue weighted by atomic mass is 10.3. The monoisotopic (exact) mass is 346 g/mol. The topological polar surface area (TPSA) is 26.3 Å². The molecule has 2 nitrogen and oxygen atoms in total. The summed E-state index contributed by atoms with van der Waals surface area (Å²) in [5, 5.41) is 2.09. The highest BCUT2D eigenvalue weighted by Gasteiger charge is 2.09. The van der Waals surface area contributed by atoms with Crippen LogP contribution in [0.3, 0.4) is 0 Å². The molecular formula is C17H14O2S3. The van der Waals surface area contributed by atoms with Crippen LogP contribution in [0, 0.1) is 0 Å². The van der Waals surface area contributed by atoms with E-state index in [0.29, 0.717) is 6.61 Å². The molecule has 0 unspecified atom stereocenters. The predicted molar refractivity (Wildman–Crippen MR) is 95.6 cm³/mol. The summed E-state index contributed by atoms with van der Waals surface area (Å²) in [5.41, 5.74) is 0. The van der Waals surface area contributed by atoms with Gasteiger partial charge in [0.2, 0.25) is 0 Å². The lowest BCUT2D eigenvalue weighted by molar-refractivity contribution is -0.138. The van der Waals surface area contributed by atoms with Crippen molar-refractivity contribution in [1.82, 2.24) is 0 Å². The molecule has 3 heterocycles. The highest BCUT2D eigenvalue weighted by atomic mass is 32.1. The van der Waals surface area contributed by atoms with Gasteiger partial charge in [-0.15, -0.1) is 34.0 Å². The lowest BCUT2D eigenvalue weighted by Crippen LogP contribution is -1.98. The van der Waals surface area contributed by atoms with Crippen LogP contribution in [0.4, 0.5) is 0 Å². The van der Waals surface area contributed by atoms with Crippen LogP contribution in [0.5, 0.6) is 0 Å². The second kappa shape index (κ2) is 7.05. The van der Waals surface area contributed by atoms with Crippen LogP contribution >= 0.6 is 34.0 Å². The fraction of sp³-hybridized carbons (Fsp3) is 0.118. The molecule has 112 valence electrons. The van der Waals surface area contributed by atoms with E-state index in [9.17, 15) is 4.79 Å². The van der Waals surface area contributed by atoms with Crippen molar-refractivity contribution in [2.75, 3.05) is 0 Å². The minimum atomic E-state index is -0.298. The van der Waals surface area contributed by atoms with E-state index < -0.39 is 0 Å². The number of ether oxygens (including phenoxy) is 1. The molecule has 0 fully saturated rings. The standard InChI is InChI=1S/C17H14O2S3/c1-2-4-17(18)19-11-12-6-7-15(21-12)16-9-8-14(22-16)13-5-3-10-20-13/h2-10H,11H2,1H3. The Balaban J connectivity index is 1.70. The van der Waals surface area contributed by atoms with Crippen LogP contribution in [0.15, 0.2) is 53.9 Å². The Labute approximate surface area is 141 Å². The van der Waals surface area contributed by atoms with E-state index in [0.717, 1.165) is 4.88 Å². The summed E-state index contributed by atoms with van der Waals surface area (Å²) in [4.78, 5) is 17.4. The molecule has 0 saturated heterocycles.